The molecule has 0 aromatic carbocycles. The Kier molecular flexibility index (Phi) is 4.69. The van der Waals surface area contributed by atoms with Crippen molar-refractivity contribution >= 4 is 22.9 Å². The van der Waals surface area contributed by atoms with Crippen molar-refractivity contribution in [3.63, 3.8) is 0 Å². The van der Waals surface area contributed by atoms with Gasteiger partial charge in [0, 0.05) is 24.9 Å². The summed E-state index contributed by atoms with van der Waals surface area (Å²) in [6.07, 6.45) is -4.16. The Labute approximate surface area is 151 Å². The molecule has 0 radical (unpaired) electrons. The van der Waals surface area contributed by atoms with Gasteiger partial charge in [-0.05, 0) is 13.8 Å². The molecule has 0 saturated carbocycles. The minimum absolute atomic E-state index is 0.156. The Morgan fingerprint density at radius 3 is 2.62 bits per heavy atom. The summed E-state index contributed by atoms with van der Waals surface area (Å²) in [7, 11) is 1.50. The number of aromatic nitrogens is 3. The number of halogens is 3. The van der Waals surface area contributed by atoms with E-state index >= 15 is 0 Å². The smallest absolute Gasteiger partial charge is 0.356 e. The second-order valence-corrected chi connectivity index (χ2v) is 7.39. The molecular weight excluding hydrogens is 371 g/mol. The minimum Gasteiger partial charge on any atom is -0.356 e. The summed E-state index contributed by atoms with van der Waals surface area (Å²) in [4.78, 5) is 20.5. The number of rotatable bonds is 4. The summed E-state index contributed by atoms with van der Waals surface area (Å²) in [5, 5.41) is 15.0. The fourth-order valence-electron chi connectivity index (χ4n) is 2.96. The maximum Gasteiger partial charge on any atom is 0.408 e. The number of carbonyl (C=O) groups excluding carboxylic acids is 1. The SMILES string of the molecule is Cc1nc(C)c(CCN2C(=O)c3c(cnn3CC(F)(F)F)N(C)C2O)s1. The summed E-state index contributed by atoms with van der Waals surface area (Å²) in [6.45, 7) is 2.52. The van der Waals surface area contributed by atoms with Crippen molar-refractivity contribution in [1.82, 2.24) is 19.7 Å². The molecule has 26 heavy (non-hydrogen) atoms. The van der Waals surface area contributed by atoms with E-state index in [4.69, 9.17) is 0 Å². The van der Waals surface area contributed by atoms with E-state index in [0.29, 0.717) is 11.1 Å². The highest BCUT2D eigenvalue weighted by Crippen LogP contribution is 2.31. The average Bonchev–Trinajstić information content (AvgIpc) is 3.06. The lowest BCUT2D eigenvalue weighted by atomic mass is 10.2. The molecule has 11 heteroatoms. The number of fused-ring (bicyclic) bond motifs is 1. The number of amides is 1. The number of anilines is 1. The van der Waals surface area contributed by atoms with E-state index in [-0.39, 0.29) is 17.9 Å². The second-order valence-electron chi connectivity index (χ2n) is 6.10. The monoisotopic (exact) mass is 389 g/mol. The predicted octanol–water partition coefficient (Wildman–Crippen LogP) is 1.93. The van der Waals surface area contributed by atoms with E-state index in [1.807, 2.05) is 13.8 Å². The van der Waals surface area contributed by atoms with Gasteiger partial charge < -0.3 is 10.0 Å². The normalized spacial score (nSPS) is 17.8. The van der Waals surface area contributed by atoms with Crippen molar-refractivity contribution in [3.05, 3.63) is 27.5 Å². The van der Waals surface area contributed by atoms with Crippen molar-refractivity contribution in [1.29, 1.82) is 0 Å². The first kappa shape index (κ1) is 18.6. The second kappa shape index (κ2) is 6.54. The summed E-state index contributed by atoms with van der Waals surface area (Å²) in [6, 6.07) is 0. The standard InChI is InChI=1S/C15H18F3N5O2S/c1-8-11(26-9(2)20-8)4-5-22-13(24)12-10(21(3)14(22)25)6-19-23(12)7-15(16,17)18/h6,14,25H,4-5,7H2,1-3H3. The number of alkyl halides is 3. The van der Waals surface area contributed by atoms with Gasteiger partial charge in [-0.3, -0.25) is 9.69 Å². The van der Waals surface area contributed by atoms with Gasteiger partial charge in [0.2, 0.25) is 6.35 Å². The molecule has 3 rings (SSSR count). The van der Waals surface area contributed by atoms with Crippen molar-refractivity contribution in [2.45, 2.75) is 39.3 Å². The zero-order valence-corrected chi connectivity index (χ0v) is 15.2. The van der Waals surface area contributed by atoms with Gasteiger partial charge in [-0.2, -0.15) is 18.3 Å². The zero-order chi connectivity index (χ0) is 19.2. The fourth-order valence-corrected chi connectivity index (χ4v) is 3.89. The first-order valence-electron chi connectivity index (χ1n) is 7.86. The Bertz CT molecular complexity index is 832. The Morgan fingerprint density at radius 1 is 1.35 bits per heavy atom. The van der Waals surface area contributed by atoms with Crippen LogP contribution in [-0.4, -0.2) is 56.8 Å². The van der Waals surface area contributed by atoms with Gasteiger partial charge in [-0.25, -0.2) is 9.67 Å². The van der Waals surface area contributed by atoms with Gasteiger partial charge in [-0.1, -0.05) is 0 Å². The molecule has 1 unspecified atom stereocenters. The number of thiazole rings is 1. The third kappa shape index (κ3) is 3.40. The molecule has 0 fully saturated rings. The Hall–Kier alpha value is -2.14. The van der Waals surface area contributed by atoms with Gasteiger partial charge in [0.15, 0.2) is 0 Å². The number of aliphatic hydroxyl groups excluding tert-OH is 1. The van der Waals surface area contributed by atoms with Crippen molar-refractivity contribution in [3.8, 4) is 0 Å². The lowest BCUT2D eigenvalue weighted by Gasteiger charge is -2.39. The van der Waals surface area contributed by atoms with Gasteiger partial charge in [0.05, 0.1) is 22.6 Å². The number of hydrogen-bond acceptors (Lipinski definition) is 6. The van der Waals surface area contributed by atoms with Crippen LogP contribution in [-0.2, 0) is 13.0 Å². The van der Waals surface area contributed by atoms with Gasteiger partial charge in [0.1, 0.15) is 12.2 Å². The van der Waals surface area contributed by atoms with Crippen LogP contribution in [0.5, 0.6) is 0 Å². The van der Waals surface area contributed by atoms with E-state index < -0.39 is 25.0 Å². The Balaban J connectivity index is 1.86. The number of hydrogen-bond donors (Lipinski definition) is 1. The van der Waals surface area contributed by atoms with Crippen LogP contribution in [0.15, 0.2) is 6.20 Å². The largest absolute Gasteiger partial charge is 0.408 e. The molecule has 3 heterocycles. The molecule has 1 N–H and O–H groups in total. The topological polar surface area (TPSA) is 74.5 Å². The number of aliphatic hydroxyl groups is 1. The van der Waals surface area contributed by atoms with Crippen LogP contribution in [0.25, 0.3) is 0 Å². The fraction of sp³-hybridized carbons (Fsp3) is 0.533. The molecule has 1 amide bonds. The molecule has 0 spiro atoms. The van der Waals surface area contributed by atoms with Crippen LogP contribution >= 0.6 is 11.3 Å². The maximum atomic E-state index is 12.8. The molecule has 1 aliphatic heterocycles. The highest BCUT2D eigenvalue weighted by molar-refractivity contribution is 7.11. The third-order valence-corrected chi connectivity index (χ3v) is 5.33. The first-order valence-corrected chi connectivity index (χ1v) is 8.67. The van der Waals surface area contributed by atoms with Crippen molar-refractivity contribution in [2.24, 2.45) is 0 Å². The molecule has 0 saturated heterocycles. The van der Waals surface area contributed by atoms with Crippen molar-refractivity contribution in [2.75, 3.05) is 18.5 Å². The van der Waals surface area contributed by atoms with Gasteiger partial charge in [-0.15, -0.1) is 11.3 Å². The third-order valence-electron chi connectivity index (χ3n) is 4.20. The van der Waals surface area contributed by atoms with Crippen LogP contribution in [0.4, 0.5) is 18.9 Å². The van der Waals surface area contributed by atoms with E-state index in [9.17, 15) is 23.1 Å². The number of aryl methyl sites for hydroxylation is 2. The summed E-state index contributed by atoms with van der Waals surface area (Å²) in [5.41, 5.74) is 0.850. The summed E-state index contributed by atoms with van der Waals surface area (Å²) < 4.78 is 38.9. The number of nitrogens with zero attached hydrogens (tertiary/aromatic N) is 5. The lowest BCUT2D eigenvalue weighted by molar-refractivity contribution is -0.142. The molecular formula is C15H18F3N5O2S. The zero-order valence-electron chi connectivity index (χ0n) is 14.4. The van der Waals surface area contributed by atoms with Crippen LogP contribution in [0.1, 0.15) is 26.1 Å². The van der Waals surface area contributed by atoms with Crippen LogP contribution in [0, 0.1) is 13.8 Å². The number of carbonyl (C=O) groups is 1. The molecule has 7 nitrogen and oxygen atoms in total. The minimum atomic E-state index is -4.50. The first-order chi connectivity index (χ1) is 12.1. The predicted molar refractivity (Wildman–Crippen MR) is 89.0 cm³/mol. The molecule has 2 aromatic rings. The molecule has 142 valence electrons. The molecule has 2 aromatic heterocycles. The van der Waals surface area contributed by atoms with Crippen LogP contribution in [0.2, 0.25) is 0 Å². The maximum absolute atomic E-state index is 12.8. The van der Waals surface area contributed by atoms with Gasteiger partial charge in [0.25, 0.3) is 5.91 Å². The van der Waals surface area contributed by atoms with Crippen LogP contribution in [0.3, 0.4) is 0 Å². The molecule has 1 atom stereocenters. The van der Waals surface area contributed by atoms with Gasteiger partial charge >= 0.3 is 6.18 Å². The quantitative estimate of drug-likeness (QED) is 0.865. The average molecular weight is 389 g/mol. The molecule has 0 aliphatic carbocycles. The molecule has 0 bridgehead atoms. The lowest BCUT2D eigenvalue weighted by Crippen LogP contribution is -2.54. The Morgan fingerprint density at radius 2 is 2.04 bits per heavy atom. The van der Waals surface area contributed by atoms with Crippen LogP contribution < -0.4 is 4.90 Å². The van der Waals surface area contributed by atoms with E-state index in [1.54, 1.807) is 0 Å². The van der Waals surface area contributed by atoms with E-state index in [1.165, 1.54) is 23.3 Å². The highest BCUT2D eigenvalue weighted by Gasteiger charge is 2.40. The van der Waals surface area contributed by atoms with Crippen molar-refractivity contribution < 1.29 is 23.1 Å². The van der Waals surface area contributed by atoms with E-state index in [2.05, 4.69) is 10.1 Å². The summed E-state index contributed by atoms with van der Waals surface area (Å²) in [5.74, 6) is -0.675. The summed E-state index contributed by atoms with van der Waals surface area (Å²) >= 11 is 1.49. The van der Waals surface area contributed by atoms with E-state index in [0.717, 1.165) is 26.7 Å². The molecule has 1 aliphatic rings. The highest BCUT2D eigenvalue weighted by atomic mass is 32.1.